The van der Waals surface area contributed by atoms with Gasteiger partial charge in [-0.3, -0.25) is 4.98 Å². The molecule has 0 amide bonds. The molecule has 30 heavy (non-hydrogen) atoms. The Morgan fingerprint density at radius 1 is 1.07 bits per heavy atom. The average Bonchev–Trinajstić information content (AvgIpc) is 2.75. The predicted molar refractivity (Wildman–Crippen MR) is 109 cm³/mol. The molecule has 2 aromatic carbocycles. The molecular weight excluding hydrogens is 393 g/mol. The number of esters is 1. The Balaban J connectivity index is 0.000000735. The molecule has 1 aromatic heterocycles. The smallest absolute Gasteiger partial charge is 0.341 e. The molecule has 0 bridgehead atoms. The van der Waals surface area contributed by atoms with Crippen LogP contribution in [0.5, 0.6) is 5.75 Å². The molecule has 0 saturated carbocycles. The number of pyridine rings is 1. The van der Waals surface area contributed by atoms with Crippen molar-refractivity contribution in [2.45, 2.75) is 6.42 Å². The third kappa shape index (κ3) is 5.28. The summed E-state index contributed by atoms with van der Waals surface area (Å²) in [6.45, 7) is 1.19. The number of hydrogen-bond acceptors (Lipinski definition) is 7. The van der Waals surface area contributed by atoms with Crippen LogP contribution in [0.4, 0.5) is 4.39 Å². The first kappa shape index (κ1) is 22.7. The number of aromatic nitrogens is 1. The number of ether oxygens (including phenoxy) is 1. The van der Waals surface area contributed by atoms with Gasteiger partial charge in [0.2, 0.25) is 0 Å². The fraction of sp³-hybridized carbons (Fsp3) is 0.190. The lowest BCUT2D eigenvalue weighted by atomic mass is 9.99. The maximum atomic E-state index is 13.0. The molecule has 6 N–H and O–H groups in total. The molecule has 0 aliphatic carbocycles. The highest BCUT2D eigenvalue weighted by atomic mass is 19.1. The van der Waals surface area contributed by atoms with Gasteiger partial charge < -0.3 is 26.4 Å². The van der Waals surface area contributed by atoms with Crippen LogP contribution in [0.3, 0.4) is 0 Å². The summed E-state index contributed by atoms with van der Waals surface area (Å²) in [7, 11) is 1.13. The lowest BCUT2D eigenvalue weighted by Gasteiger charge is -2.10. The number of aromatic hydroxyl groups is 1. The summed E-state index contributed by atoms with van der Waals surface area (Å²) >= 11 is 0. The van der Waals surface area contributed by atoms with Crippen LogP contribution in [0.1, 0.15) is 31.8 Å². The Morgan fingerprint density at radius 2 is 1.70 bits per heavy atom. The number of fused-ring (bicyclic) bond motifs is 1. The van der Waals surface area contributed by atoms with Crippen molar-refractivity contribution in [1.82, 2.24) is 4.98 Å². The molecule has 9 heteroatoms. The van der Waals surface area contributed by atoms with Gasteiger partial charge in [-0.05, 0) is 41.8 Å². The first-order valence-corrected chi connectivity index (χ1v) is 8.93. The SMILES string of the molecule is COC(=O)c1cc(C(=O)O)c2cc(Cc3ccc(F)cc3)cnc2c1O.NCCN. The lowest BCUT2D eigenvalue weighted by Crippen LogP contribution is -2.11. The van der Waals surface area contributed by atoms with Gasteiger partial charge in [0, 0.05) is 24.7 Å². The fourth-order valence-electron chi connectivity index (χ4n) is 2.70. The minimum atomic E-state index is -1.26. The van der Waals surface area contributed by atoms with Crippen LogP contribution in [0.2, 0.25) is 0 Å². The van der Waals surface area contributed by atoms with Crippen LogP contribution in [0.15, 0.2) is 42.6 Å². The molecule has 8 nitrogen and oxygen atoms in total. The van der Waals surface area contributed by atoms with Crippen LogP contribution in [-0.4, -0.2) is 47.3 Å². The van der Waals surface area contributed by atoms with Crippen LogP contribution in [0.25, 0.3) is 10.9 Å². The van der Waals surface area contributed by atoms with Gasteiger partial charge >= 0.3 is 11.9 Å². The molecule has 0 radical (unpaired) electrons. The largest absolute Gasteiger partial charge is 0.505 e. The molecule has 3 aromatic rings. The number of nitrogens with zero attached hydrogens (tertiary/aromatic N) is 1. The highest BCUT2D eigenvalue weighted by Gasteiger charge is 2.21. The monoisotopic (exact) mass is 415 g/mol. The number of carbonyl (C=O) groups is 2. The van der Waals surface area contributed by atoms with Crippen molar-refractivity contribution in [3.05, 3.63) is 70.7 Å². The Morgan fingerprint density at radius 3 is 2.23 bits per heavy atom. The number of aromatic carboxylic acids is 1. The van der Waals surface area contributed by atoms with Crippen LogP contribution >= 0.6 is 0 Å². The zero-order valence-electron chi connectivity index (χ0n) is 16.3. The molecule has 0 spiro atoms. The zero-order chi connectivity index (χ0) is 22.3. The van der Waals surface area contributed by atoms with Crippen molar-refractivity contribution in [1.29, 1.82) is 0 Å². The fourth-order valence-corrected chi connectivity index (χ4v) is 2.70. The van der Waals surface area contributed by atoms with Crippen molar-refractivity contribution in [2.24, 2.45) is 11.5 Å². The summed E-state index contributed by atoms with van der Waals surface area (Å²) in [5.41, 5.74) is 10.9. The van der Waals surface area contributed by atoms with Gasteiger partial charge in [0.05, 0.1) is 12.7 Å². The maximum absolute atomic E-state index is 13.0. The van der Waals surface area contributed by atoms with Gasteiger partial charge in [-0.2, -0.15) is 0 Å². The van der Waals surface area contributed by atoms with Gasteiger partial charge in [0.1, 0.15) is 16.9 Å². The van der Waals surface area contributed by atoms with Crippen molar-refractivity contribution < 1.29 is 28.9 Å². The Labute approximate surface area is 171 Å². The molecule has 3 rings (SSSR count). The molecule has 0 fully saturated rings. The van der Waals surface area contributed by atoms with E-state index >= 15 is 0 Å². The Bertz CT molecular complexity index is 1050. The minimum absolute atomic E-state index is 0.00634. The summed E-state index contributed by atoms with van der Waals surface area (Å²) in [6, 6.07) is 8.55. The molecule has 0 saturated heterocycles. The Kier molecular flexibility index (Phi) is 7.79. The van der Waals surface area contributed by atoms with E-state index in [0.717, 1.165) is 18.7 Å². The number of halogens is 1. The van der Waals surface area contributed by atoms with Crippen molar-refractivity contribution in [2.75, 3.05) is 20.2 Å². The number of carbonyl (C=O) groups excluding carboxylic acids is 1. The second-order valence-electron chi connectivity index (χ2n) is 6.24. The van der Waals surface area contributed by atoms with Gasteiger partial charge in [0.15, 0.2) is 5.75 Å². The van der Waals surface area contributed by atoms with E-state index < -0.39 is 17.7 Å². The predicted octanol–water partition coefficient (Wildman–Crippen LogP) is 2.06. The molecule has 0 aliphatic heterocycles. The average molecular weight is 415 g/mol. The van der Waals surface area contributed by atoms with E-state index in [9.17, 15) is 24.2 Å². The summed E-state index contributed by atoms with van der Waals surface area (Å²) in [5, 5.41) is 19.9. The van der Waals surface area contributed by atoms with Crippen molar-refractivity contribution >= 4 is 22.8 Å². The molecule has 0 aliphatic rings. The number of hydrogen-bond donors (Lipinski definition) is 4. The number of carboxylic acids is 1. The van der Waals surface area contributed by atoms with Crippen LogP contribution in [-0.2, 0) is 11.2 Å². The van der Waals surface area contributed by atoms with Crippen LogP contribution in [0, 0.1) is 5.82 Å². The van der Waals surface area contributed by atoms with Crippen molar-refractivity contribution in [3.8, 4) is 5.75 Å². The van der Waals surface area contributed by atoms with Crippen molar-refractivity contribution in [3.63, 3.8) is 0 Å². The van der Waals surface area contributed by atoms with Gasteiger partial charge in [-0.1, -0.05) is 12.1 Å². The standard InChI is InChI=1S/C19H14FNO5.C2H8N2/c1-26-19(25)15-8-14(18(23)24)13-7-11(9-21-16(13)17(15)22)6-10-2-4-12(20)5-3-10;3-1-2-4/h2-5,7-9,22H,6H2,1H3,(H,23,24);1-4H2. The topological polar surface area (TPSA) is 149 Å². The van der Waals surface area contributed by atoms with Crippen LogP contribution < -0.4 is 11.5 Å². The first-order chi connectivity index (χ1) is 14.3. The normalized spacial score (nSPS) is 10.3. The third-order valence-electron chi connectivity index (χ3n) is 4.13. The number of methoxy groups -OCH3 is 1. The summed E-state index contributed by atoms with van der Waals surface area (Å²) < 4.78 is 17.6. The lowest BCUT2D eigenvalue weighted by molar-refractivity contribution is 0.0597. The van der Waals surface area contributed by atoms with E-state index in [-0.39, 0.29) is 27.8 Å². The molecule has 0 atom stereocenters. The highest BCUT2D eigenvalue weighted by Crippen LogP contribution is 2.32. The Hall–Kier alpha value is -3.56. The zero-order valence-corrected chi connectivity index (χ0v) is 16.3. The van der Waals surface area contributed by atoms with E-state index in [4.69, 9.17) is 11.5 Å². The minimum Gasteiger partial charge on any atom is -0.505 e. The van der Waals surface area contributed by atoms with E-state index in [2.05, 4.69) is 9.72 Å². The number of rotatable bonds is 5. The number of benzene rings is 2. The van der Waals surface area contributed by atoms with Gasteiger partial charge in [-0.15, -0.1) is 0 Å². The number of nitrogens with two attached hydrogens (primary N) is 2. The molecule has 1 heterocycles. The second-order valence-corrected chi connectivity index (χ2v) is 6.24. The summed E-state index contributed by atoms with van der Waals surface area (Å²) in [6.07, 6.45) is 1.87. The highest BCUT2D eigenvalue weighted by molar-refractivity contribution is 6.09. The number of carboxylic acid groups (broad SMARTS) is 1. The van der Waals surface area contributed by atoms with E-state index in [1.165, 1.54) is 18.3 Å². The second kappa shape index (κ2) is 10.3. The maximum Gasteiger partial charge on any atom is 0.341 e. The molecular formula is C21H22FN3O5. The number of phenols is 1. The third-order valence-corrected chi connectivity index (χ3v) is 4.13. The summed E-state index contributed by atoms with van der Waals surface area (Å²) in [5.74, 6) is -2.91. The van der Waals surface area contributed by atoms with Gasteiger partial charge in [-0.25, -0.2) is 14.0 Å². The van der Waals surface area contributed by atoms with E-state index in [1.54, 1.807) is 18.2 Å². The first-order valence-electron chi connectivity index (χ1n) is 8.93. The van der Waals surface area contributed by atoms with Gasteiger partial charge in [0.25, 0.3) is 0 Å². The summed E-state index contributed by atoms with van der Waals surface area (Å²) in [4.78, 5) is 27.5. The van der Waals surface area contributed by atoms with E-state index in [0.29, 0.717) is 25.1 Å². The molecule has 0 unspecified atom stereocenters. The molecule has 158 valence electrons. The van der Waals surface area contributed by atoms with E-state index in [1.807, 2.05) is 0 Å². The number of phenolic OH excluding ortho intramolecular Hbond substituents is 1. The quantitative estimate of drug-likeness (QED) is 0.463.